The Morgan fingerprint density at radius 1 is 1.14 bits per heavy atom. The highest BCUT2D eigenvalue weighted by molar-refractivity contribution is 9.10. The van der Waals surface area contributed by atoms with Crippen molar-refractivity contribution in [3.05, 3.63) is 64.1 Å². The van der Waals surface area contributed by atoms with Crippen molar-refractivity contribution in [3.8, 4) is 0 Å². The van der Waals surface area contributed by atoms with Crippen LogP contribution in [-0.4, -0.2) is 33.2 Å². The van der Waals surface area contributed by atoms with Crippen LogP contribution in [0.1, 0.15) is 30.0 Å². The monoisotopic (exact) mass is 467 g/mol. The van der Waals surface area contributed by atoms with Crippen molar-refractivity contribution in [2.45, 2.75) is 30.7 Å². The molecule has 0 aliphatic rings. The van der Waals surface area contributed by atoms with Crippen LogP contribution in [-0.2, 0) is 24.2 Å². The van der Waals surface area contributed by atoms with Crippen molar-refractivity contribution >= 4 is 37.6 Å². The number of methoxy groups -OCH3 is 1. The normalized spacial score (nSPS) is 12.2. The topological polar surface area (TPSA) is 89.5 Å². The number of nitrogens with one attached hydrogen (secondary N) is 1. The van der Waals surface area contributed by atoms with E-state index in [4.69, 9.17) is 4.74 Å². The van der Waals surface area contributed by atoms with Gasteiger partial charge in [-0.15, -0.1) is 0 Å². The number of sulfone groups is 1. The summed E-state index contributed by atoms with van der Waals surface area (Å²) in [5.74, 6) is -1.24. The molecule has 0 radical (unpaired) electrons. The minimum absolute atomic E-state index is 0.0522. The molecule has 0 aliphatic heterocycles. The predicted octanol–water partition coefficient (Wildman–Crippen LogP) is 3.34. The number of hydrogen-bond donors (Lipinski definition) is 1. The van der Waals surface area contributed by atoms with Crippen LogP contribution in [0.25, 0.3) is 0 Å². The SMILES string of the molecule is COC(=O)CC(NC(=O)CCS(=O)(=O)c1ccc(C)cc1)c1cccc(Br)c1. The molecular weight excluding hydrogens is 446 g/mol. The maximum absolute atomic E-state index is 12.4. The molecule has 0 bridgehead atoms. The Balaban J connectivity index is 2.06. The molecule has 0 heterocycles. The summed E-state index contributed by atoms with van der Waals surface area (Å²) < 4.78 is 30.3. The number of esters is 1. The van der Waals surface area contributed by atoms with Crippen molar-refractivity contribution in [3.63, 3.8) is 0 Å². The van der Waals surface area contributed by atoms with Gasteiger partial charge in [-0.1, -0.05) is 45.8 Å². The van der Waals surface area contributed by atoms with E-state index < -0.39 is 27.8 Å². The van der Waals surface area contributed by atoms with Crippen LogP contribution in [0, 0.1) is 6.92 Å². The second-order valence-electron chi connectivity index (χ2n) is 6.34. The fraction of sp³-hybridized carbons (Fsp3) is 0.300. The molecule has 1 unspecified atom stereocenters. The van der Waals surface area contributed by atoms with E-state index in [9.17, 15) is 18.0 Å². The molecule has 1 N–H and O–H groups in total. The molecule has 2 aromatic rings. The Labute approximate surface area is 173 Å². The van der Waals surface area contributed by atoms with Crippen LogP contribution in [0.15, 0.2) is 57.9 Å². The third kappa shape index (κ3) is 6.45. The summed E-state index contributed by atoms with van der Waals surface area (Å²) in [6.07, 6.45) is -0.259. The van der Waals surface area contributed by atoms with Gasteiger partial charge in [0.1, 0.15) is 0 Å². The van der Waals surface area contributed by atoms with Crippen molar-refractivity contribution in [1.82, 2.24) is 5.32 Å². The lowest BCUT2D eigenvalue weighted by Crippen LogP contribution is -2.31. The van der Waals surface area contributed by atoms with E-state index in [1.807, 2.05) is 13.0 Å². The summed E-state index contributed by atoms with van der Waals surface area (Å²) >= 11 is 3.36. The molecule has 0 saturated heterocycles. The zero-order chi connectivity index (χ0) is 20.7. The van der Waals surface area contributed by atoms with Gasteiger partial charge in [-0.05, 0) is 36.8 Å². The summed E-state index contributed by atoms with van der Waals surface area (Å²) in [6, 6.07) is 13.1. The second-order valence-corrected chi connectivity index (χ2v) is 9.36. The Hall–Kier alpha value is -2.19. The molecular formula is C20H22BrNO5S. The standard InChI is InChI=1S/C20H22BrNO5S/c1-14-6-8-17(9-7-14)28(25,26)11-10-19(23)22-18(13-20(24)27-2)15-4-3-5-16(21)12-15/h3-9,12,18H,10-11,13H2,1-2H3,(H,22,23). The number of benzene rings is 2. The average molecular weight is 468 g/mol. The van der Waals surface area contributed by atoms with Crippen LogP contribution < -0.4 is 5.32 Å². The molecule has 0 aromatic heterocycles. The fourth-order valence-electron chi connectivity index (χ4n) is 2.58. The van der Waals surface area contributed by atoms with E-state index in [-0.39, 0.29) is 23.5 Å². The molecule has 150 valence electrons. The number of rotatable bonds is 8. The van der Waals surface area contributed by atoms with Crippen molar-refractivity contribution < 1.29 is 22.7 Å². The minimum Gasteiger partial charge on any atom is -0.469 e. The summed E-state index contributed by atoms with van der Waals surface area (Å²) in [5.41, 5.74) is 1.67. The molecule has 0 aliphatic carbocycles. The third-order valence-corrected chi connectivity index (χ3v) is 6.39. The van der Waals surface area contributed by atoms with Gasteiger partial charge in [0.05, 0.1) is 30.2 Å². The first kappa shape index (κ1) is 22.1. The van der Waals surface area contributed by atoms with E-state index in [1.54, 1.807) is 30.3 Å². The smallest absolute Gasteiger partial charge is 0.307 e. The quantitative estimate of drug-likeness (QED) is 0.601. The van der Waals surface area contributed by atoms with Gasteiger partial charge < -0.3 is 10.1 Å². The molecule has 1 atom stereocenters. The molecule has 2 aromatic carbocycles. The maximum atomic E-state index is 12.4. The molecule has 28 heavy (non-hydrogen) atoms. The van der Waals surface area contributed by atoms with Crippen LogP contribution >= 0.6 is 15.9 Å². The molecule has 8 heteroatoms. The van der Waals surface area contributed by atoms with Gasteiger partial charge >= 0.3 is 5.97 Å². The zero-order valence-electron chi connectivity index (χ0n) is 15.6. The lowest BCUT2D eigenvalue weighted by atomic mass is 10.0. The highest BCUT2D eigenvalue weighted by atomic mass is 79.9. The van der Waals surface area contributed by atoms with Gasteiger partial charge in [0.2, 0.25) is 5.91 Å². The molecule has 6 nitrogen and oxygen atoms in total. The first-order valence-corrected chi connectivity index (χ1v) is 11.1. The second kappa shape index (κ2) is 9.84. The van der Waals surface area contributed by atoms with Crippen molar-refractivity contribution in [1.29, 1.82) is 0 Å². The van der Waals surface area contributed by atoms with Gasteiger partial charge in [0, 0.05) is 10.9 Å². The Morgan fingerprint density at radius 2 is 1.82 bits per heavy atom. The zero-order valence-corrected chi connectivity index (χ0v) is 18.0. The van der Waals surface area contributed by atoms with Gasteiger partial charge in [-0.25, -0.2) is 8.42 Å². The number of hydrogen-bond acceptors (Lipinski definition) is 5. The van der Waals surface area contributed by atoms with Gasteiger partial charge in [0.25, 0.3) is 0 Å². The number of carbonyl (C=O) groups is 2. The minimum atomic E-state index is -3.57. The van der Waals surface area contributed by atoms with Gasteiger partial charge in [0.15, 0.2) is 9.84 Å². The molecule has 2 rings (SSSR count). The van der Waals surface area contributed by atoms with E-state index in [2.05, 4.69) is 21.2 Å². The van der Waals surface area contributed by atoms with Crippen molar-refractivity contribution in [2.75, 3.05) is 12.9 Å². The van der Waals surface area contributed by atoms with Crippen LogP contribution in [0.3, 0.4) is 0 Å². The Bertz CT molecular complexity index is 941. The predicted molar refractivity (Wildman–Crippen MR) is 110 cm³/mol. The molecule has 0 fully saturated rings. The summed E-state index contributed by atoms with van der Waals surface area (Å²) in [4.78, 5) is 24.3. The van der Waals surface area contributed by atoms with E-state index in [1.165, 1.54) is 19.2 Å². The number of carbonyl (C=O) groups excluding carboxylic acids is 2. The first-order valence-electron chi connectivity index (χ1n) is 8.62. The summed E-state index contributed by atoms with van der Waals surface area (Å²) in [6.45, 7) is 1.87. The number of halogens is 1. The van der Waals surface area contributed by atoms with Gasteiger partial charge in [-0.2, -0.15) is 0 Å². The fourth-order valence-corrected chi connectivity index (χ4v) is 4.24. The highest BCUT2D eigenvalue weighted by Gasteiger charge is 2.21. The Morgan fingerprint density at radius 3 is 2.43 bits per heavy atom. The van der Waals surface area contributed by atoms with Crippen LogP contribution in [0.5, 0.6) is 0 Å². The first-order chi connectivity index (χ1) is 13.2. The number of ether oxygens (including phenoxy) is 1. The Kier molecular flexibility index (Phi) is 7.77. The third-order valence-electron chi connectivity index (χ3n) is 4.16. The lowest BCUT2D eigenvalue weighted by molar-refractivity contribution is -0.141. The van der Waals surface area contributed by atoms with E-state index in [0.717, 1.165) is 15.6 Å². The van der Waals surface area contributed by atoms with E-state index in [0.29, 0.717) is 0 Å². The van der Waals surface area contributed by atoms with Crippen molar-refractivity contribution in [2.24, 2.45) is 0 Å². The summed E-state index contributed by atoms with van der Waals surface area (Å²) in [5, 5.41) is 2.73. The number of amides is 1. The largest absolute Gasteiger partial charge is 0.469 e. The molecule has 0 saturated carbocycles. The summed E-state index contributed by atoms with van der Waals surface area (Å²) in [7, 11) is -2.29. The maximum Gasteiger partial charge on any atom is 0.307 e. The van der Waals surface area contributed by atoms with E-state index >= 15 is 0 Å². The molecule has 0 spiro atoms. The molecule has 1 amide bonds. The average Bonchev–Trinajstić information content (AvgIpc) is 2.66. The van der Waals surface area contributed by atoms with Crippen LogP contribution in [0.4, 0.5) is 0 Å². The number of aryl methyl sites for hydroxylation is 1. The highest BCUT2D eigenvalue weighted by Crippen LogP contribution is 2.22. The van der Waals surface area contributed by atoms with Crippen LogP contribution in [0.2, 0.25) is 0 Å². The lowest BCUT2D eigenvalue weighted by Gasteiger charge is -2.18. The van der Waals surface area contributed by atoms with Gasteiger partial charge in [-0.3, -0.25) is 9.59 Å².